The van der Waals surface area contributed by atoms with Gasteiger partial charge in [0, 0.05) is 24.2 Å². The fourth-order valence-corrected chi connectivity index (χ4v) is 2.30. The highest BCUT2D eigenvalue weighted by molar-refractivity contribution is 6.09. The van der Waals surface area contributed by atoms with Gasteiger partial charge in [-0.1, -0.05) is 30.3 Å². The highest BCUT2D eigenvalue weighted by atomic mass is 16.1. The van der Waals surface area contributed by atoms with Gasteiger partial charge in [-0.05, 0) is 32.0 Å². The van der Waals surface area contributed by atoms with E-state index in [0.29, 0.717) is 16.8 Å². The average Bonchev–Trinajstić information content (AvgIpc) is 2.50. The van der Waals surface area contributed by atoms with Gasteiger partial charge in [0.25, 0.3) is 0 Å². The molecule has 0 atom stereocenters. The predicted octanol–water partition coefficient (Wildman–Crippen LogP) is 3.35. The van der Waals surface area contributed by atoms with Crippen molar-refractivity contribution >= 4 is 17.2 Å². The van der Waals surface area contributed by atoms with Crippen LogP contribution in [-0.4, -0.2) is 18.9 Å². The number of rotatable bonds is 5. The second-order valence-electron chi connectivity index (χ2n) is 4.64. The second kappa shape index (κ2) is 6.24. The van der Waals surface area contributed by atoms with E-state index in [1.54, 1.807) is 6.07 Å². The summed E-state index contributed by atoms with van der Waals surface area (Å²) in [4.78, 5) is 14.5. The molecule has 0 spiro atoms. The van der Waals surface area contributed by atoms with Crippen molar-refractivity contribution in [2.75, 3.05) is 23.7 Å². The maximum absolute atomic E-state index is 12.3. The Morgan fingerprint density at radius 1 is 1.00 bits per heavy atom. The molecule has 2 N–H and O–H groups in total. The van der Waals surface area contributed by atoms with Gasteiger partial charge < -0.3 is 10.6 Å². The molecule has 3 heteroatoms. The van der Waals surface area contributed by atoms with Crippen molar-refractivity contribution in [3.8, 4) is 0 Å². The summed E-state index contributed by atoms with van der Waals surface area (Å²) in [5.74, 6) is 0.00315. The van der Waals surface area contributed by atoms with Crippen molar-refractivity contribution in [1.82, 2.24) is 0 Å². The van der Waals surface area contributed by atoms with Crippen LogP contribution in [0.1, 0.15) is 29.8 Å². The Morgan fingerprint density at radius 3 is 2.20 bits per heavy atom. The molecule has 2 aromatic rings. The van der Waals surface area contributed by atoms with E-state index >= 15 is 0 Å². The molecule has 0 radical (unpaired) electrons. The van der Waals surface area contributed by atoms with Crippen LogP contribution in [0.25, 0.3) is 0 Å². The van der Waals surface area contributed by atoms with Gasteiger partial charge in [-0.3, -0.25) is 4.79 Å². The van der Waals surface area contributed by atoms with Gasteiger partial charge in [-0.15, -0.1) is 0 Å². The monoisotopic (exact) mass is 268 g/mol. The molecule has 0 saturated carbocycles. The lowest BCUT2D eigenvalue weighted by atomic mass is 10.0. The van der Waals surface area contributed by atoms with E-state index in [1.165, 1.54) is 0 Å². The van der Waals surface area contributed by atoms with Crippen molar-refractivity contribution in [2.24, 2.45) is 0 Å². The molecule has 0 aromatic heterocycles. The number of hydrogen-bond donors (Lipinski definition) is 1. The molecule has 0 fully saturated rings. The Balaban J connectivity index is 2.32. The average molecular weight is 268 g/mol. The van der Waals surface area contributed by atoms with Crippen molar-refractivity contribution in [2.45, 2.75) is 13.8 Å². The standard InChI is InChI=1S/C17H20N2O/c1-3-19(4-2)16-11-10-14(12-15(16)18)17(20)13-8-6-5-7-9-13/h5-12H,3-4,18H2,1-2H3. The third-order valence-electron chi connectivity index (χ3n) is 3.43. The molecule has 20 heavy (non-hydrogen) atoms. The summed E-state index contributed by atoms with van der Waals surface area (Å²) < 4.78 is 0. The molecule has 0 saturated heterocycles. The van der Waals surface area contributed by atoms with Gasteiger partial charge >= 0.3 is 0 Å². The van der Waals surface area contributed by atoms with Gasteiger partial charge in [-0.25, -0.2) is 0 Å². The molecule has 0 bridgehead atoms. The molecule has 2 aromatic carbocycles. The summed E-state index contributed by atoms with van der Waals surface area (Å²) in [6, 6.07) is 14.8. The summed E-state index contributed by atoms with van der Waals surface area (Å²) in [7, 11) is 0. The van der Waals surface area contributed by atoms with Gasteiger partial charge in [0.05, 0.1) is 11.4 Å². The first-order valence-electron chi connectivity index (χ1n) is 6.91. The van der Waals surface area contributed by atoms with Crippen molar-refractivity contribution in [1.29, 1.82) is 0 Å². The zero-order valence-corrected chi connectivity index (χ0v) is 12.0. The third-order valence-corrected chi connectivity index (χ3v) is 3.43. The fourth-order valence-electron chi connectivity index (χ4n) is 2.30. The van der Waals surface area contributed by atoms with Gasteiger partial charge in [0.1, 0.15) is 0 Å². The lowest BCUT2D eigenvalue weighted by Gasteiger charge is -2.23. The molecule has 0 amide bonds. The minimum Gasteiger partial charge on any atom is -0.397 e. The third kappa shape index (κ3) is 2.82. The minimum atomic E-state index is 0.00315. The predicted molar refractivity (Wildman–Crippen MR) is 84.3 cm³/mol. The topological polar surface area (TPSA) is 46.3 Å². The molecular formula is C17H20N2O. The smallest absolute Gasteiger partial charge is 0.193 e. The first kappa shape index (κ1) is 14.1. The largest absolute Gasteiger partial charge is 0.397 e. The summed E-state index contributed by atoms with van der Waals surface area (Å²) in [5, 5.41) is 0. The number of benzene rings is 2. The van der Waals surface area contributed by atoms with Crippen LogP contribution in [0.5, 0.6) is 0 Å². The van der Waals surface area contributed by atoms with Crippen molar-refractivity contribution in [3.05, 3.63) is 59.7 Å². The number of nitrogens with zero attached hydrogens (tertiary/aromatic N) is 1. The van der Waals surface area contributed by atoms with Gasteiger partial charge in [0.15, 0.2) is 5.78 Å². The Labute approximate surface area is 120 Å². The molecule has 2 rings (SSSR count). The molecule has 0 heterocycles. The number of ketones is 1. The lowest BCUT2D eigenvalue weighted by Crippen LogP contribution is -2.23. The number of carbonyl (C=O) groups is 1. The normalized spacial score (nSPS) is 10.3. The minimum absolute atomic E-state index is 0.00315. The first-order chi connectivity index (χ1) is 9.67. The van der Waals surface area contributed by atoms with Crippen LogP contribution in [0.2, 0.25) is 0 Å². The van der Waals surface area contributed by atoms with Gasteiger partial charge in [-0.2, -0.15) is 0 Å². The SMILES string of the molecule is CCN(CC)c1ccc(C(=O)c2ccccc2)cc1N. The highest BCUT2D eigenvalue weighted by Gasteiger charge is 2.12. The zero-order chi connectivity index (χ0) is 14.5. The summed E-state index contributed by atoms with van der Waals surface area (Å²) >= 11 is 0. The number of carbonyl (C=O) groups excluding carboxylic acids is 1. The van der Waals surface area contributed by atoms with Crippen LogP contribution in [0.4, 0.5) is 11.4 Å². The van der Waals surface area contributed by atoms with E-state index in [2.05, 4.69) is 18.7 Å². The van der Waals surface area contributed by atoms with Crippen LogP contribution < -0.4 is 10.6 Å². The van der Waals surface area contributed by atoms with E-state index in [0.717, 1.165) is 18.8 Å². The zero-order valence-electron chi connectivity index (χ0n) is 12.0. The summed E-state index contributed by atoms with van der Waals surface area (Å²) in [6.45, 7) is 5.97. The van der Waals surface area contributed by atoms with Crippen molar-refractivity contribution in [3.63, 3.8) is 0 Å². The molecule has 0 unspecified atom stereocenters. The quantitative estimate of drug-likeness (QED) is 0.668. The Kier molecular flexibility index (Phi) is 4.41. The van der Waals surface area contributed by atoms with Crippen LogP contribution in [0.15, 0.2) is 48.5 Å². The van der Waals surface area contributed by atoms with E-state index in [4.69, 9.17) is 5.73 Å². The van der Waals surface area contributed by atoms with Gasteiger partial charge in [0.2, 0.25) is 0 Å². The van der Waals surface area contributed by atoms with E-state index < -0.39 is 0 Å². The molecular weight excluding hydrogens is 248 g/mol. The molecule has 0 aliphatic carbocycles. The highest BCUT2D eigenvalue weighted by Crippen LogP contribution is 2.25. The van der Waals surface area contributed by atoms with E-state index in [1.807, 2.05) is 42.5 Å². The number of nitrogens with two attached hydrogens (primary N) is 1. The summed E-state index contributed by atoms with van der Waals surface area (Å²) in [6.07, 6.45) is 0. The Morgan fingerprint density at radius 2 is 1.65 bits per heavy atom. The van der Waals surface area contributed by atoms with Crippen LogP contribution in [-0.2, 0) is 0 Å². The number of hydrogen-bond acceptors (Lipinski definition) is 3. The fraction of sp³-hybridized carbons (Fsp3) is 0.235. The van der Waals surface area contributed by atoms with Crippen LogP contribution >= 0.6 is 0 Å². The maximum atomic E-state index is 12.3. The Hall–Kier alpha value is -2.29. The van der Waals surface area contributed by atoms with Crippen LogP contribution in [0, 0.1) is 0 Å². The number of nitrogen functional groups attached to an aromatic ring is 1. The summed E-state index contributed by atoms with van der Waals surface area (Å²) in [5.41, 5.74) is 9.04. The van der Waals surface area contributed by atoms with E-state index in [-0.39, 0.29) is 5.78 Å². The molecule has 0 aliphatic heterocycles. The van der Waals surface area contributed by atoms with Crippen molar-refractivity contribution < 1.29 is 4.79 Å². The molecule has 104 valence electrons. The lowest BCUT2D eigenvalue weighted by molar-refractivity contribution is 0.103. The Bertz CT molecular complexity index is 589. The second-order valence-corrected chi connectivity index (χ2v) is 4.64. The van der Waals surface area contributed by atoms with Crippen LogP contribution in [0.3, 0.4) is 0 Å². The molecule has 3 nitrogen and oxygen atoms in total. The molecule has 0 aliphatic rings. The maximum Gasteiger partial charge on any atom is 0.193 e. The van der Waals surface area contributed by atoms with E-state index in [9.17, 15) is 4.79 Å². The first-order valence-corrected chi connectivity index (χ1v) is 6.91. The number of anilines is 2.